The summed E-state index contributed by atoms with van der Waals surface area (Å²) in [6, 6.07) is 12.7. The van der Waals surface area contributed by atoms with Crippen LogP contribution in [-0.4, -0.2) is 31.7 Å². The van der Waals surface area contributed by atoms with Crippen LogP contribution in [0.1, 0.15) is 20.5 Å². The molecule has 1 fully saturated rings. The van der Waals surface area contributed by atoms with E-state index in [0.717, 1.165) is 0 Å². The Morgan fingerprint density at radius 1 is 0.917 bits per heavy atom. The van der Waals surface area contributed by atoms with Gasteiger partial charge in [-0.3, -0.25) is 0 Å². The lowest BCUT2D eigenvalue weighted by molar-refractivity contribution is 0.0734. The highest BCUT2D eigenvalue weighted by Gasteiger charge is 2.18. The number of benzene rings is 2. The van der Waals surface area contributed by atoms with Crippen molar-refractivity contribution in [2.45, 2.75) is 4.58 Å². The number of hydrogen-bond acceptors (Lipinski definition) is 6. The fraction of sp³-hybridized carbons (Fsp3) is 0.278. The molecule has 0 bridgehead atoms. The molecule has 4 nitrogen and oxygen atoms in total. The summed E-state index contributed by atoms with van der Waals surface area (Å²) in [4.78, 5) is 12.3. The van der Waals surface area contributed by atoms with E-state index in [4.69, 9.17) is 14.2 Å². The molecule has 0 aliphatic carbocycles. The van der Waals surface area contributed by atoms with Crippen molar-refractivity contribution in [3.8, 4) is 17.2 Å². The predicted molar refractivity (Wildman–Crippen MR) is 98.6 cm³/mol. The van der Waals surface area contributed by atoms with Crippen molar-refractivity contribution in [2.24, 2.45) is 0 Å². The number of hydrogen-bond donors (Lipinski definition) is 0. The molecule has 1 aliphatic rings. The van der Waals surface area contributed by atoms with E-state index in [-0.39, 0.29) is 0 Å². The number of thioether (sulfide) groups is 2. The number of carbonyl (C=O) groups is 1. The second kappa shape index (κ2) is 7.85. The minimum Gasteiger partial charge on any atom is -0.497 e. The third-order valence-corrected chi connectivity index (χ3v) is 6.68. The maximum absolute atomic E-state index is 12.3. The SMILES string of the molecule is COc1cc(OC)cc(C(=O)Oc2ccc(C3SCCS3)cc2)c1. The molecule has 0 amide bonds. The van der Waals surface area contributed by atoms with Gasteiger partial charge in [0, 0.05) is 17.6 Å². The normalized spacial score (nSPS) is 14.4. The van der Waals surface area contributed by atoms with E-state index in [1.165, 1.54) is 17.1 Å². The minimum absolute atomic E-state index is 0.386. The Kier molecular flexibility index (Phi) is 5.58. The molecule has 2 aromatic rings. The Labute approximate surface area is 149 Å². The van der Waals surface area contributed by atoms with Crippen LogP contribution in [0.5, 0.6) is 17.2 Å². The second-order valence-corrected chi connectivity index (χ2v) is 7.86. The zero-order valence-electron chi connectivity index (χ0n) is 13.5. The molecule has 126 valence electrons. The molecule has 3 rings (SSSR count). The summed E-state index contributed by atoms with van der Waals surface area (Å²) in [6.45, 7) is 0. The predicted octanol–water partition coefficient (Wildman–Crippen LogP) is 4.40. The lowest BCUT2D eigenvalue weighted by atomic mass is 10.2. The van der Waals surface area contributed by atoms with Crippen LogP contribution < -0.4 is 14.2 Å². The summed E-state index contributed by atoms with van der Waals surface area (Å²) in [5.41, 5.74) is 1.64. The van der Waals surface area contributed by atoms with E-state index in [0.29, 0.717) is 27.4 Å². The van der Waals surface area contributed by atoms with E-state index >= 15 is 0 Å². The number of methoxy groups -OCH3 is 2. The number of rotatable bonds is 5. The Morgan fingerprint density at radius 2 is 1.50 bits per heavy atom. The second-order valence-electron chi connectivity index (χ2n) is 5.13. The Balaban J connectivity index is 1.72. The first kappa shape index (κ1) is 17.0. The maximum Gasteiger partial charge on any atom is 0.343 e. The van der Waals surface area contributed by atoms with Crippen LogP contribution in [-0.2, 0) is 0 Å². The topological polar surface area (TPSA) is 44.8 Å². The molecule has 1 aliphatic heterocycles. The van der Waals surface area contributed by atoms with Crippen molar-refractivity contribution in [1.29, 1.82) is 0 Å². The molecule has 0 saturated carbocycles. The van der Waals surface area contributed by atoms with E-state index in [1.807, 2.05) is 47.8 Å². The molecular formula is C18H18O4S2. The maximum atomic E-state index is 12.3. The number of ether oxygens (including phenoxy) is 3. The number of esters is 1. The summed E-state index contributed by atoms with van der Waals surface area (Å²) in [6.07, 6.45) is 0. The first-order valence-electron chi connectivity index (χ1n) is 7.48. The van der Waals surface area contributed by atoms with Gasteiger partial charge in [-0.25, -0.2) is 4.79 Å². The molecular weight excluding hydrogens is 344 g/mol. The highest BCUT2D eigenvalue weighted by atomic mass is 32.2. The zero-order valence-corrected chi connectivity index (χ0v) is 15.1. The van der Waals surface area contributed by atoms with Gasteiger partial charge in [0.1, 0.15) is 17.2 Å². The summed E-state index contributed by atoms with van der Waals surface area (Å²) in [5.74, 6) is 3.55. The van der Waals surface area contributed by atoms with Gasteiger partial charge >= 0.3 is 5.97 Å². The van der Waals surface area contributed by atoms with Crippen molar-refractivity contribution in [1.82, 2.24) is 0 Å². The molecule has 2 aromatic carbocycles. The highest BCUT2D eigenvalue weighted by molar-refractivity contribution is 8.19. The minimum atomic E-state index is -0.440. The van der Waals surface area contributed by atoms with Crippen LogP contribution in [0.25, 0.3) is 0 Å². The van der Waals surface area contributed by atoms with Gasteiger partial charge in [0.05, 0.1) is 24.4 Å². The third-order valence-electron chi connectivity index (χ3n) is 3.57. The van der Waals surface area contributed by atoms with Gasteiger partial charge in [0.15, 0.2) is 0 Å². The van der Waals surface area contributed by atoms with Crippen LogP contribution in [0.15, 0.2) is 42.5 Å². The van der Waals surface area contributed by atoms with Gasteiger partial charge in [-0.1, -0.05) is 12.1 Å². The molecule has 0 atom stereocenters. The lowest BCUT2D eigenvalue weighted by Gasteiger charge is -2.10. The molecule has 0 spiro atoms. The van der Waals surface area contributed by atoms with Crippen LogP contribution in [0.4, 0.5) is 0 Å². The molecule has 1 saturated heterocycles. The van der Waals surface area contributed by atoms with Crippen LogP contribution >= 0.6 is 23.5 Å². The Morgan fingerprint density at radius 3 is 2.04 bits per heavy atom. The van der Waals surface area contributed by atoms with E-state index in [2.05, 4.69) is 0 Å². The fourth-order valence-corrected chi connectivity index (χ4v) is 5.19. The molecule has 0 N–H and O–H groups in total. The van der Waals surface area contributed by atoms with Gasteiger partial charge in [-0.05, 0) is 29.8 Å². The van der Waals surface area contributed by atoms with Gasteiger partial charge in [-0.2, -0.15) is 0 Å². The van der Waals surface area contributed by atoms with Gasteiger partial charge in [-0.15, -0.1) is 23.5 Å². The highest BCUT2D eigenvalue weighted by Crippen LogP contribution is 2.45. The molecule has 1 heterocycles. The van der Waals surface area contributed by atoms with Gasteiger partial charge in [0.25, 0.3) is 0 Å². The van der Waals surface area contributed by atoms with E-state index in [9.17, 15) is 4.79 Å². The molecule has 24 heavy (non-hydrogen) atoms. The Hall–Kier alpha value is -1.79. The average molecular weight is 362 g/mol. The van der Waals surface area contributed by atoms with Crippen molar-refractivity contribution in [3.63, 3.8) is 0 Å². The van der Waals surface area contributed by atoms with Crippen molar-refractivity contribution in [3.05, 3.63) is 53.6 Å². The van der Waals surface area contributed by atoms with Crippen LogP contribution in [0.2, 0.25) is 0 Å². The van der Waals surface area contributed by atoms with Crippen molar-refractivity contribution in [2.75, 3.05) is 25.7 Å². The summed E-state index contributed by atoms with van der Waals surface area (Å²) < 4.78 is 16.3. The standard InChI is InChI=1S/C18H18O4S2/c1-20-15-9-13(10-16(11-15)21-2)17(19)22-14-5-3-12(4-6-14)18-23-7-8-24-18/h3-6,9-11,18H,7-8H2,1-2H3. The van der Waals surface area contributed by atoms with Gasteiger partial charge < -0.3 is 14.2 Å². The number of carbonyl (C=O) groups excluding carboxylic acids is 1. The van der Waals surface area contributed by atoms with Crippen molar-refractivity contribution >= 4 is 29.5 Å². The fourth-order valence-electron chi connectivity index (χ4n) is 2.34. The first-order chi connectivity index (χ1) is 11.7. The summed E-state index contributed by atoms with van der Waals surface area (Å²) in [7, 11) is 3.09. The Bertz CT molecular complexity index is 687. The molecule has 0 unspecified atom stereocenters. The summed E-state index contributed by atoms with van der Waals surface area (Å²) >= 11 is 3.90. The molecule has 0 radical (unpaired) electrons. The lowest BCUT2D eigenvalue weighted by Crippen LogP contribution is -2.09. The van der Waals surface area contributed by atoms with Crippen molar-refractivity contribution < 1.29 is 19.0 Å². The molecule has 0 aromatic heterocycles. The van der Waals surface area contributed by atoms with E-state index < -0.39 is 5.97 Å². The first-order valence-corrected chi connectivity index (χ1v) is 9.58. The monoisotopic (exact) mass is 362 g/mol. The van der Waals surface area contributed by atoms with E-state index in [1.54, 1.807) is 32.4 Å². The smallest absolute Gasteiger partial charge is 0.343 e. The largest absolute Gasteiger partial charge is 0.497 e. The third kappa shape index (κ3) is 3.99. The average Bonchev–Trinajstić information content (AvgIpc) is 3.16. The van der Waals surface area contributed by atoms with Gasteiger partial charge in [0.2, 0.25) is 0 Å². The molecule has 6 heteroatoms. The quantitative estimate of drug-likeness (QED) is 0.580. The van der Waals surface area contributed by atoms with Crippen LogP contribution in [0, 0.1) is 0 Å². The van der Waals surface area contributed by atoms with Crippen LogP contribution in [0.3, 0.4) is 0 Å². The zero-order chi connectivity index (χ0) is 16.9. The summed E-state index contributed by atoms with van der Waals surface area (Å²) in [5, 5.41) is 0.